The summed E-state index contributed by atoms with van der Waals surface area (Å²) in [5, 5.41) is 3.84. The minimum atomic E-state index is -0.147. The Morgan fingerprint density at radius 3 is 2.50 bits per heavy atom. The number of hydrogen-bond donors (Lipinski definition) is 1. The van der Waals surface area contributed by atoms with Crippen LogP contribution in [-0.2, 0) is 4.74 Å². The molecule has 0 aromatic carbocycles. The SMILES string of the molecule is CCOC(=O)N1CCC(NC2CCC(C)CC2C)CC1. The zero-order valence-electron chi connectivity index (χ0n) is 13.2. The van der Waals surface area contributed by atoms with Crippen molar-refractivity contribution in [2.24, 2.45) is 11.8 Å². The number of piperidine rings is 1. The zero-order chi connectivity index (χ0) is 14.5. The molecule has 4 nitrogen and oxygen atoms in total. The number of nitrogens with one attached hydrogen (secondary N) is 1. The summed E-state index contributed by atoms with van der Waals surface area (Å²) in [6.45, 7) is 8.72. The van der Waals surface area contributed by atoms with E-state index in [1.54, 1.807) is 0 Å². The van der Waals surface area contributed by atoms with Gasteiger partial charge in [-0.25, -0.2) is 4.79 Å². The van der Waals surface area contributed by atoms with Crippen LogP contribution in [0.25, 0.3) is 0 Å². The van der Waals surface area contributed by atoms with E-state index in [4.69, 9.17) is 4.74 Å². The Hall–Kier alpha value is -0.770. The van der Waals surface area contributed by atoms with Gasteiger partial charge < -0.3 is 15.0 Å². The van der Waals surface area contributed by atoms with Crippen LogP contribution in [0, 0.1) is 11.8 Å². The highest BCUT2D eigenvalue weighted by atomic mass is 16.6. The topological polar surface area (TPSA) is 41.6 Å². The van der Waals surface area contributed by atoms with Crippen LogP contribution in [0.5, 0.6) is 0 Å². The van der Waals surface area contributed by atoms with E-state index in [2.05, 4.69) is 19.2 Å². The van der Waals surface area contributed by atoms with E-state index >= 15 is 0 Å². The molecule has 116 valence electrons. The van der Waals surface area contributed by atoms with Gasteiger partial charge in [-0.05, 0) is 50.9 Å². The number of amides is 1. The molecule has 20 heavy (non-hydrogen) atoms. The first-order valence-electron chi connectivity index (χ1n) is 8.27. The van der Waals surface area contributed by atoms with Crippen molar-refractivity contribution in [1.82, 2.24) is 10.2 Å². The van der Waals surface area contributed by atoms with Crippen molar-refractivity contribution in [2.75, 3.05) is 19.7 Å². The largest absolute Gasteiger partial charge is 0.450 e. The quantitative estimate of drug-likeness (QED) is 0.865. The van der Waals surface area contributed by atoms with Crippen molar-refractivity contribution in [3.8, 4) is 0 Å². The van der Waals surface area contributed by atoms with Crippen LogP contribution in [0.3, 0.4) is 0 Å². The van der Waals surface area contributed by atoms with Crippen molar-refractivity contribution in [3.05, 3.63) is 0 Å². The molecule has 3 unspecified atom stereocenters. The second-order valence-electron chi connectivity index (χ2n) is 6.63. The number of likely N-dealkylation sites (tertiary alicyclic amines) is 1. The first-order chi connectivity index (χ1) is 9.60. The molecule has 0 aromatic heterocycles. The molecule has 2 rings (SSSR count). The Kier molecular flexibility index (Phi) is 5.70. The summed E-state index contributed by atoms with van der Waals surface area (Å²) in [6.07, 6.45) is 5.96. The number of nitrogens with zero attached hydrogens (tertiary/aromatic N) is 1. The smallest absolute Gasteiger partial charge is 0.409 e. The average Bonchev–Trinajstić information content (AvgIpc) is 2.43. The molecular weight excluding hydrogens is 252 g/mol. The first-order valence-corrected chi connectivity index (χ1v) is 8.27. The van der Waals surface area contributed by atoms with Gasteiger partial charge in [0.25, 0.3) is 0 Å². The highest BCUT2D eigenvalue weighted by Gasteiger charge is 2.29. The first kappa shape index (κ1) is 15.6. The fraction of sp³-hybridized carbons (Fsp3) is 0.938. The van der Waals surface area contributed by atoms with E-state index in [-0.39, 0.29) is 6.09 Å². The monoisotopic (exact) mass is 282 g/mol. The predicted octanol–water partition coefficient (Wildman–Crippen LogP) is 3.02. The number of carbonyl (C=O) groups is 1. The fourth-order valence-corrected chi connectivity index (χ4v) is 3.66. The van der Waals surface area contributed by atoms with Crippen LogP contribution in [0.1, 0.15) is 52.9 Å². The van der Waals surface area contributed by atoms with E-state index in [9.17, 15) is 4.79 Å². The van der Waals surface area contributed by atoms with Gasteiger partial charge in [-0.1, -0.05) is 13.8 Å². The van der Waals surface area contributed by atoms with Crippen LogP contribution >= 0.6 is 0 Å². The molecule has 1 aliphatic carbocycles. The summed E-state index contributed by atoms with van der Waals surface area (Å²) in [5.41, 5.74) is 0. The van der Waals surface area contributed by atoms with Crippen molar-refractivity contribution in [2.45, 2.75) is 65.0 Å². The Bertz CT molecular complexity index is 314. The Balaban J connectivity index is 1.73. The average molecular weight is 282 g/mol. The normalized spacial score (nSPS) is 32.1. The third kappa shape index (κ3) is 4.11. The predicted molar refractivity (Wildman–Crippen MR) is 80.7 cm³/mol. The summed E-state index contributed by atoms with van der Waals surface area (Å²) in [4.78, 5) is 13.5. The zero-order valence-corrected chi connectivity index (χ0v) is 13.2. The van der Waals surface area contributed by atoms with Crippen molar-refractivity contribution in [1.29, 1.82) is 0 Å². The number of hydrogen-bond acceptors (Lipinski definition) is 3. The lowest BCUT2D eigenvalue weighted by Crippen LogP contribution is -2.50. The molecule has 1 aliphatic heterocycles. The van der Waals surface area contributed by atoms with Gasteiger partial charge >= 0.3 is 6.09 Å². The van der Waals surface area contributed by atoms with Crippen LogP contribution in [0.2, 0.25) is 0 Å². The maximum atomic E-state index is 11.7. The van der Waals surface area contributed by atoms with E-state index in [0.29, 0.717) is 18.7 Å². The molecule has 0 radical (unpaired) electrons. The second-order valence-corrected chi connectivity index (χ2v) is 6.63. The van der Waals surface area contributed by atoms with Crippen LogP contribution in [0.15, 0.2) is 0 Å². The van der Waals surface area contributed by atoms with E-state index in [1.807, 2.05) is 11.8 Å². The van der Waals surface area contributed by atoms with E-state index < -0.39 is 0 Å². The Morgan fingerprint density at radius 1 is 1.20 bits per heavy atom. The van der Waals surface area contributed by atoms with Gasteiger partial charge in [0.15, 0.2) is 0 Å². The minimum absolute atomic E-state index is 0.147. The summed E-state index contributed by atoms with van der Waals surface area (Å²) < 4.78 is 5.06. The summed E-state index contributed by atoms with van der Waals surface area (Å²) in [6, 6.07) is 1.24. The number of ether oxygens (including phenoxy) is 1. The highest BCUT2D eigenvalue weighted by Crippen LogP contribution is 2.29. The molecular formula is C16H30N2O2. The second kappa shape index (κ2) is 7.30. The molecule has 1 amide bonds. The van der Waals surface area contributed by atoms with Crippen LogP contribution in [-0.4, -0.2) is 42.8 Å². The summed E-state index contributed by atoms with van der Waals surface area (Å²) >= 11 is 0. The Labute approximate surface area is 123 Å². The minimum Gasteiger partial charge on any atom is -0.450 e. The van der Waals surface area contributed by atoms with Crippen LogP contribution in [0.4, 0.5) is 4.79 Å². The van der Waals surface area contributed by atoms with E-state index in [1.165, 1.54) is 19.3 Å². The van der Waals surface area contributed by atoms with Crippen molar-refractivity contribution in [3.63, 3.8) is 0 Å². The van der Waals surface area contributed by atoms with Crippen molar-refractivity contribution >= 4 is 6.09 Å². The molecule has 0 bridgehead atoms. The maximum absolute atomic E-state index is 11.7. The van der Waals surface area contributed by atoms with Gasteiger partial charge in [0.2, 0.25) is 0 Å². The summed E-state index contributed by atoms with van der Waals surface area (Å²) in [5.74, 6) is 1.66. The lowest BCUT2D eigenvalue weighted by molar-refractivity contribution is 0.0916. The van der Waals surface area contributed by atoms with Gasteiger partial charge in [0, 0.05) is 25.2 Å². The molecule has 1 saturated heterocycles. The lowest BCUT2D eigenvalue weighted by atomic mass is 9.79. The van der Waals surface area contributed by atoms with Gasteiger partial charge in [0.05, 0.1) is 6.61 Å². The third-order valence-electron chi connectivity index (χ3n) is 4.90. The molecule has 2 fully saturated rings. The third-order valence-corrected chi connectivity index (χ3v) is 4.90. The van der Waals surface area contributed by atoms with E-state index in [0.717, 1.165) is 37.8 Å². The molecule has 0 spiro atoms. The molecule has 1 heterocycles. The standard InChI is InChI=1S/C16H30N2O2/c1-4-20-16(19)18-9-7-14(8-10-18)17-15-6-5-12(2)11-13(15)3/h12-15,17H,4-11H2,1-3H3. The number of rotatable bonds is 3. The molecule has 1 saturated carbocycles. The molecule has 4 heteroatoms. The lowest BCUT2D eigenvalue weighted by Gasteiger charge is -2.38. The molecule has 2 aliphatic rings. The highest BCUT2D eigenvalue weighted by molar-refractivity contribution is 5.67. The molecule has 1 N–H and O–H groups in total. The van der Waals surface area contributed by atoms with Crippen molar-refractivity contribution < 1.29 is 9.53 Å². The molecule has 0 aromatic rings. The summed E-state index contributed by atoms with van der Waals surface area (Å²) in [7, 11) is 0. The van der Waals surface area contributed by atoms with Gasteiger partial charge in [0.1, 0.15) is 0 Å². The molecule has 3 atom stereocenters. The Morgan fingerprint density at radius 2 is 1.90 bits per heavy atom. The van der Waals surface area contributed by atoms with Crippen LogP contribution < -0.4 is 5.32 Å². The number of carbonyl (C=O) groups excluding carboxylic acids is 1. The fourth-order valence-electron chi connectivity index (χ4n) is 3.66. The van der Waals surface area contributed by atoms with Gasteiger partial charge in [-0.15, -0.1) is 0 Å². The van der Waals surface area contributed by atoms with Gasteiger partial charge in [-0.2, -0.15) is 0 Å². The van der Waals surface area contributed by atoms with Gasteiger partial charge in [-0.3, -0.25) is 0 Å². The maximum Gasteiger partial charge on any atom is 0.409 e.